The molecule has 0 fully saturated rings. The molecule has 0 heterocycles. The smallest absolute Gasteiger partial charge is 0.387 e. The van der Waals surface area contributed by atoms with E-state index in [4.69, 9.17) is 0 Å². The molecule has 0 radical (unpaired) electrons. The van der Waals surface area contributed by atoms with Crippen LogP contribution in [-0.2, 0) is 6.18 Å². The molecular weight excluding hydrogens is 247 g/mol. The van der Waals surface area contributed by atoms with Gasteiger partial charge in [-0.2, -0.15) is 13.2 Å². The molecule has 0 saturated carbocycles. The summed E-state index contributed by atoms with van der Waals surface area (Å²) < 4.78 is 37.2. The Kier molecular flexibility index (Phi) is 2.85. The van der Waals surface area contributed by atoms with E-state index in [1.54, 1.807) is 7.05 Å². The first kappa shape index (κ1) is 10.4. The van der Waals surface area contributed by atoms with Gasteiger partial charge in [0, 0.05) is 17.2 Å². The van der Waals surface area contributed by atoms with E-state index in [0.717, 1.165) is 12.1 Å². The molecule has 1 aromatic carbocycles. The summed E-state index contributed by atoms with van der Waals surface area (Å²) in [5.74, 6) is 0. The highest BCUT2D eigenvalue weighted by Crippen LogP contribution is 2.33. The molecule has 13 heavy (non-hydrogen) atoms. The minimum absolute atomic E-state index is 0.426. The Hall–Kier alpha value is -0.710. The predicted octanol–water partition coefficient (Wildman–Crippen LogP) is 3.51. The van der Waals surface area contributed by atoms with Crippen LogP contribution in [0.5, 0.6) is 0 Å². The molecule has 0 spiro atoms. The van der Waals surface area contributed by atoms with Crippen LogP contribution in [0.3, 0.4) is 0 Å². The first-order valence-electron chi connectivity index (χ1n) is 3.49. The van der Waals surface area contributed by atoms with Crippen LogP contribution in [0, 0.1) is 0 Å². The van der Waals surface area contributed by atoms with E-state index in [0.29, 0.717) is 10.2 Å². The van der Waals surface area contributed by atoms with E-state index in [-0.39, 0.29) is 0 Å². The minimum atomic E-state index is -4.29. The van der Waals surface area contributed by atoms with Gasteiger partial charge in [0.2, 0.25) is 0 Å². The second kappa shape index (κ2) is 3.57. The molecule has 1 N–H and O–H groups in total. The molecule has 0 amide bonds. The van der Waals surface area contributed by atoms with E-state index >= 15 is 0 Å². The number of rotatable bonds is 1. The molecule has 0 aliphatic rings. The zero-order valence-electron chi connectivity index (χ0n) is 6.74. The van der Waals surface area contributed by atoms with Crippen molar-refractivity contribution in [2.75, 3.05) is 12.4 Å². The van der Waals surface area contributed by atoms with Crippen molar-refractivity contribution in [2.45, 2.75) is 6.18 Å². The van der Waals surface area contributed by atoms with Crippen molar-refractivity contribution in [3.05, 3.63) is 28.2 Å². The molecule has 1 aromatic rings. The fourth-order valence-electron chi connectivity index (χ4n) is 0.893. The summed E-state index contributed by atoms with van der Waals surface area (Å²) >= 11 is 3.13. The lowest BCUT2D eigenvalue weighted by Gasteiger charge is -2.09. The lowest BCUT2D eigenvalue weighted by molar-refractivity contribution is -0.137. The summed E-state index contributed by atoms with van der Waals surface area (Å²) in [6.07, 6.45) is -4.29. The Balaban J connectivity index is 3.14. The quantitative estimate of drug-likeness (QED) is 0.808. The van der Waals surface area contributed by atoms with Crippen LogP contribution in [0.1, 0.15) is 5.56 Å². The second-order valence-corrected chi connectivity index (χ2v) is 3.30. The standard InChI is InChI=1S/C8H7BrF3N/c1-13-7-4-5(8(10,11)12)2-3-6(7)9/h2-4,13H,1H3. The lowest BCUT2D eigenvalue weighted by atomic mass is 10.2. The number of hydrogen-bond donors (Lipinski definition) is 1. The molecule has 0 unspecified atom stereocenters. The Bertz CT molecular complexity index is 309. The first-order valence-corrected chi connectivity index (χ1v) is 4.29. The van der Waals surface area contributed by atoms with Crippen LogP contribution in [0.4, 0.5) is 18.9 Å². The van der Waals surface area contributed by atoms with Crippen LogP contribution in [0.25, 0.3) is 0 Å². The van der Waals surface area contributed by atoms with Crippen LogP contribution < -0.4 is 5.32 Å². The van der Waals surface area contributed by atoms with Gasteiger partial charge in [-0.25, -0.2) is 0 Å². The van der Waals surface area contributed by atoms with Gasteiger partial charge >= 0.3 is 6.18 Å². The molecule has 0 saturated heterocycles. The molecule has 72 valence electrons. The summed E-state index contributed by atoms with van der Waals surface area (Å²) in [5.41, 5.74) is -0.227. The second-order valence-electron chi connectivity index (χ2n) is 2.44. The third kappa shape index (κ3) is 2.37. The fourth-order valence-corrected chi connectivity index (χ4v) is 1.34. The van der Waals surface area contributed by atoms with E-state index < -0.39 is 11.7 Å². The Labute approximate surface area is 82.1 Å². The molecule has 5 heteroatoms. The van der Waals surface area contributed by atoms with Crippen molar-refractivity contribution in [2.24, 2.45) is 0 Å². The number of halogens is 4. The summed E-state index contributed by atoms with van der Waals surface area (Å²) in [6.45, 7) is 0. The molecular formula is C8H7BrF3N. The van der Waals surface area contributed by atoms with E-state index in [1.807, 2.05) is 0 Å². The number of nitrogens with one attached hydrogen (secondary N) is 1. The van der Waals surface area contributed by atoms with Crippen molar-refractivity contribution in [1.82, 2.24) is 0 Å². The zero-order valence-corrected chi connectivity index (χ0v) is 8.33. The number of alkyl halides is 3. The first-order chi connectivity index (χ1) is 5.95. The van der Waals surface area contributed by atoms with Gasteiger partial charge in [0.1, 0.15) is 0 Å². The highest BCUT2D eigenvalue weighted by Gasteiger charge is 2.30. The Morgan fingerprint density at radius 2 is 1.92 bits per heavy atom. The highest BCUT2D eigenvalue weighted by atomic mass is 79.9. The molecule has 0 aliphatic carbocycles. The fraction of sp³-hybridized carbons (Fsp3) is 0.250. The van der Waals surface area contributed by atoms with Crippen LogP contribution >= 0.6 is 15.9 Å². The van der Waals surface area contributed by atoms with E-state index in [2.05, 4.69) is 21.2 Å². The van der Waals surface area contributed by atoms with Crippen LogP contribution in [-0.4, -0.2) is 7.05 Å². The molecule has 0 aliphatic heterocycles. The minimum Gasteiger partial charge on any atom is -0.387 e. The maximum atomic E-state index is 12.2. The Morgan fingerprint density at radius 3 is 2.38 bits per heavy atom. The molecule has 0 bridgehead atoms. The summed E-state index contributed by atoms with van der Waals surface area (Å²) in [6, 6.07) is 3.46. The van der Waals surface area contributed by atoms with Crippen molar-refractivity contribution >= 4 is 21.6 Å². The van der Waals surface area contributed by atoms with Gasteiger partial charge in [-0.15, -0.1) is 0 Å². The topological polar surface area (TPSA) is 12.0 Å². The Morgan fingerprint density at radius 1 is 1.31 bits per heavy atom. The summed E-state index contributed by atoms with van der Waals surface area (Å²) in [5, 5.41) is 2.66. The molecule has 0 atom stereocenters. The third-order valence-electron chi connectivity index (χ3n) is 1.56. The van der Waals surface area contributed by atoms with Gasteiger partial charge in [0.25, 0.3) is 0 Å². The zero-order chi connectivity index (χ0) is 10.1. The SMILES string of the molecule is CNc1cc(C(F)(F)F)ccc1Br. The average molecular weight is 254 g/mol. The number of benzene rings is 1. The predicted molar refractivity (Wildman–Crippen MR) is 48.7 cm³/mol. The average Bonchev–Trinajstić information content (AvgIpc) is 2.03. The maximum Gasteiger partial charge on any atom is 0.416 e. The van der Waals surface area contributed by atoms with E-state index in [9.17, 15) is 13.2 Å². The maximum absolute atomic E-state index is 12.2. The molecule has 1 rings (SSSR count). The monoisotopic (exact) mass is 253 g/mol. The van der Waals surface area contributed by atoms with Gasteiger partial charge in [0.05, 0.1) is 5.56 Å². The third-order valence-corrected chi connectivity index (χ3v) is 2.25. The molecule has 0 aromatic heterocycles. The normalized spacial score (nSPS) is 11.5. The van der Waals surface area contributed by atoms with Crippen molar-refractivity contribution < 1.29 is 13.2 Å². The van der Waals surface area contributed by atoms with Crippen molar-refractivity contribution in [1.29, 1.82) is 0 Å². The summed E-state index contributed by atoms with van der Waals surface area (Å²) in [7, 11) is 1.57. The van der Waals surface area contributed by atoms with Crippen LogP contribution in [0.2, 0.25) is 0 Å². The van der Waals surface area contributed by atoms with Crippen molar-refractivity contribution in [3.63, 3.8) is 0 Å². The highest BCUT2D eigenvalue weighted by molar-refractivity contribution is 9.10. The van der Waals surface area contributed by atoms with Gasteiger partial charge < -0.3 is 5.32 Å². The van der Waals surface area contributed by atoms with Gasteiger partial charge in [-0.05, 0) is 34.1 Å². The lowest BCUT2D eigenvalue weighted by Crippen LogP contribution is -2.05. The van der Waals surface area contributed by atoms with Gasteiger partial charge in [0.15, 0.2) is 0 Å². The van der Waals surface area contributed by atoms with Gasteiger partial charge in [-0.1, -0.05) is 0 Å². The van der Waals surface area contributed by atoms with Crippen LogP contribution in [0.15, 0.2) is 22.7 Å². The van der Waals surface area contributed by atoms with E-state index in [1.165, 1.54) is 6.07 Å². The van der Waals surface area contributed by atoms with Gasteiger partial charge in [-0.3, -0.25) is 0 Å². The number of hydrogen-bond acceptors (Lipinski definition) is 1. The molecule has 1 nitrogen and oxygen atoms in total. The summed E-state index contributed by atoms with van der Waals surface area (Å²) in [4.78, 5) is 0. The van der Waals surface area contributed by atoms with Crippen molar-refractivity contribution in [3.8, 4) is 0 Å². The largest absolute Gasteiger partial charge is 0.416 e. The number of anilines is 1.